The molecule has 0 bridgehead atoms. The monoisotopic (exact) mass is 487 g/mol. The lowest BCUT2D eigenvalue weighted by atomic mass is 10.2. The highest BCUT2D eigenvalue weighted by atomic mass is 127. The van der Waals surface area contributed by atoms with Gasteiger partial charge in [0.1, 0.15) is 5.82 Å². The minimum absolute atomic E-state index is 0.0142. The molecule has 1 saturated heterocycles. The Balaban J connectivity index is 1.48. The summed E-state index contributed by atoms with van der Waals surface area (Å²) >= 11 is 8.31. The van der Waals surface area contributed by atoms with Crippen molar-refractivity contribution in [3.63, 3.8) is 0 Å². The molecule has 1 N–H and O–H groups in total. The molecule has 0 saturated carbocycles. The van der Waals surface area contributed by atoms with Crippen molar-refractivity contribution >= 4 is 45.8 Å². The smallest absolute Gasteiger partial charge is 0.238 e. The number of para-hydroxylation sites is 1. The quantitative estimate of drug-likeness (QED) is 0.651. The van der Waals surface area contributed by atoms with Crippen molar-refractivity contribution in [3.05, 3.63) is 62.4 Å². The summed E-state index contributed by atoms with van der Waals surface area (Å²) in [5.41, 5.74) is 1.38. The maximum atomic E-state index is 13.9. The second-order valence-electron chi connectivity index (χ2n) is 6.28. The second kappa shape index (κ2) is 9.12. The van der Waals surface area contributed by atoms with E-state index in [2.05, 4.69) is 37.7 Å². The topological polar surface area (TPSA) is 35.6 Å². The van der Waals surface area contributed by atoms with Crippen molar-refractivity contribution in [2.24, 2.45) is 0 Å². The Hall–Kier alpha value is -1.22. The van der Waals surface area contributed by atoms with Gasteiger partial charge in [-0.1, -0.05) is 29.8 Å². The molecule has 1 heterocycles. The molecule has 0 atom stereocenters. The Morgan fingerprint density at radius 3 is 2.46 bits per heavy atom. The van der Waals surface area contributed by atoms with E-state index in [0.29, 0.717) is 23.7 Å². The first-order chi connectivity index (χ1) is 12.5. The maximum Gasteiger partial charge on any atom is 0.238 e. The summed E-state index contributed by atoms with van der Waals surface area (Å²) in [5.74, 6) is -0.281. The third-order valence-corrected chi connectivity index (χ3v) is 5.72. The number of benzene rings is 2. The summed E-state index contributed by atoms with van der Waals surface area (Å²) in [5, 5.41) is 3.42. The van der Waals surface area contributed by atoms with Gasteiger partial charge in [-0.2, -0.15) is 0 Å². The molecule has 1 aliphatic heterocycles. The average Bonchev–Trinajstić information content (AvgIpc) is 2.62. The van der Waals surface area contributed by atoms with Gasteiger partial charge in [-0.25, -0.2) is 4.39 Å². The molecule has 3 rings (SSSR count). The van der Waals surface area contributed by atoms with E-state index in [-0.39, 0.29) is 11.7 Å². The number of piperazine rings is 1. The van der Waals surface area contributed by atoms with Gasteiger partial charge in [0.05, 0.1) is 12.2 Å². The number of hydrogen-bond acceptors (Lipinski definition) is 3. The minimum Gasteiger partial charge on any atom is -0.324 e. The van der Waals surface area contributed by atoms with Crippen LogP contribution in [0.3, 0.4) is 0 Å². The molecule has 26 heavy (non-hydrogen) atoms. The zero-order valence-corrected chi connectivity index (χ0v) is 17.1. The number of carbonyl (C=O) groups excluding carboxylic acids is 1. The lowest BCUT2D eigenvalue weighted by Gasteiger charge is -2.34. The lowest BCUT2D eigenvalue weighted by molar-refractivity contribution is -0.117. The van der Waals surface area contributed by atoms with Gasteiger partial charge in [0.25, 0.3) is 0 Å². The molecule has 1 fully saturated rings. The Morgan fingerprint density at radius 1 is 1.08 bits per heavy atom. The number of halogens is 3. The van der Waals surface area contributed by atoms with E-state index >= 15 is 0 Å². The number of amides is 1. The van der Waals surface area contributed by atoms with E-state index in [1.165, 1.54) is 6.07 Å². The van der Waals surface area contributed by atoms with Crippen LogP contribution in [0, 0.1) is 9.39 Å². The molecule has 0 spiro atoms. The first kappa shape index (κ1) is 19.5. The van der Waals surface area contributed by atoms with E-state index in [1.54, 1.807) is 12.1 Å². The van der Waals surface area contributed by atoms with Crippen LogP contribution in [0.2, 0.25) is 5.02 Å². The summed E-state index contributed by atoms with van der Waals surface area (Å²) < 4.78 is 14.9. The number of nitrogens with one attached hydrogen (secondary N) is 1. The molecule has 0 radical (unpaired) electrons. The lowest BCUT2D eigenvalue weighted by Crippen LogP contribution is -2.48. The van der Waals surface area contributed by atoms with Crippen LogP contribution in [0.4, 0.5) is 10.1 Å². The van der Waals surface area contributed by atoms with E-state index in [4.69, 9.17) is 11.6 Å². The largest absolute Gasteiger partial charge is 0.324 e. The molecule has 1 aliphatic rings. The second-order valence-corrected chi connectivity index (χ2v) is 7.85. The predicted molar refractivity (Wildman–Crippen MR) is 111 cm³/mol. The zero-order valence-electron chi connectivity index (χ0n) is 14.2. The molecule has 0 aliphatic carbocycles. The van der Waals surface area contributed by atoms with Gasteiger partial charge in [0.15, 0.2) is 0 Å². The molecular formula is C19H20ClFIN3O. The zero-order chi connectivity index (χ0) is 18.5. The van der Waals surface area contributed by atoms with Gasteiger partial charge in [-0.15, -0.1) is 0 Å². The predicted octanol–water partition coefficient (Wildman–Crippen LogP) is 3.84. The van der Waals surface area contributed by atoms with E-state index in [1.807, 2.05) is 24.3 Å². The van der Waals surface area contributed by atoms with Crippen LogP contribution in [0.25, 0.3) is 0 Å². The Kier molecular flexibility index (Phi) is 6.86. The SMILES string of the molecule is O=C(CN1CCN(Cc2c(F)cccc2Cl)CC1)Nc1ccccc1I. The number of anilines is 1. The van der Waals surface area contributed by atoms with Crippen LogP contribution in [0.5, 0.6) is 0 Å². The van der Waals surface area contributed by atoms with Crippen LogP contribution >= 0.6 is 34.2 Å². The number of rotatable bonds is 5. The Morgan fingerprint density at radius 2 is 1.77 bits per heavy atom. The molecule has 0 aromatic heterocycles. The third kappa shape index (κ3) is 5.16. The fourth-order valence-electron chi connectivity index (χ4n) is 2.97. The molecule has 0 unspecified atom stereocenters. The molecule has 7 heteroatoms. The van der Waals surface area contributed by atoms with Crippen molar-refractivity contribution < 1.29 is 9.18 Å². The fraction of sp³-hybridized carbons (Fsp3) is 0.316. The molecule has 2 aromatic rings. The number of nitrogens with zero attached hydrogens (tertiary/aromatic N) is 2. The van der Waals surface area contributed by atoms with E-state index in [9.17, 15) is 9.18 Å². The molecule has 2 aromatic carbocycles. The van der Waals surface area contributed by atoms with Crippen molar-refractivity contribution in [2.75, 3.05) is 38.0 Å². The van der Waals surface area contributed by atoms with E-state index < -0.39 is 0 Å². The minimum atomic E-state index is -0.267. The van der Waals surface area contributed by atoms with Crippen molar-refractivity contribution in [1.29, 1.82) is 0 Å². The molecule has 138 valence electrons. The van der Waals surface area contributed by atoms with Crippen LogP contribution in [0.1, 0.15) is 5.56 Å². The highest BCUT2D eigenvalue weighted by Crippen LogP contribution is 2.21. The maximum absolute atomic E-state index is 13.9. The first-order valence-electron chi connectivity index (χ1n) is 8.45. The van der Waals surface area contributed by atoms with Crippen molar-refractivity contribution in [2.45, 2.75) is 6.54 Å². The van der Waals surface area contributed by atoms with Gasteiger partial charge in [-0.3, -0.25) is 14.6 Å². The third-order valence-electron chi connectivity index (χ3n) is 4.42. The standard InChI is InChI=1S/C19H20ClFIN3O/c20-15-4-3-5-16(21)14(15)12-24-8-10-25(11-9-24)13-19(26)23-18-7-2-1-6-17(18)22/h1-7H,8-13H2,(H,23,26). The molecular weight excluding hydrogens is 468 g/mol. The Labute approximate surface area is 171 Å². The number of carbonyl (C=O) groups is 1. The highest BCUT2D eigenvalue weighted by Gasteiger charge is 2.21. The van der Waals surface area contributed by atoms with E-state index in [0.717, 1.165) is 35.4 Å². The summed E-state index contributed by atoms with van der Waals surface area (Å²) in [6.07, 6.45) is 0. The normalized spacial score (nSPS) is 15.8. The van der Waals surface area contributed by atoms with Gasteiger partial charge in [-0.05, 0) is 46.9 Å². The summed E-state index contributed by atoms with van der Waals surface area (Å²) in [6.45, 7) is 3.95. The summed E-state index contributed by atoms with van der Waals surface area (Å²) in [4.78, 5) is 16.5. The molecule has 4 nitrogen and oxygen atoms in total. The van der Waals surface area contributed by atoms with Gasteiger partial charge in [0, 0.05) is 46.9 Å². The first-order valence-corrected chi connectivity index (χ1v) is 9.90. The highest BCUT2D eigenvalue weighted by molar-refractivity contribution is 14.1. The van der Waals surface area contributed by atoms with Crippen LogP contribution < -0.4 is 5.32 Å². The van der Waals surface area contributed by atoms with Gasteiger partial charge in [0.2, 0.25) is 5.91 Å². The van der Waals surface area contributed by atoms with Crippen LogP contribution in [-0.4, -0.2) is 48.4 Å². The van der Waals surface area contributed by atoms with Crippen LogP contribution in [0.15, 0.2) is 42.5 Å². The molecule has 1 amide bonds. The Bertz CT molecular complexity index is 761. The summed E-state index contributed by atoms with van der Waals surface area (Å²) in [7, 11) is 0. The van der Waals surface area contributed by atoms with Crippen molar-refractivity contribution in [3.8, 4) is 0 Å². The average molecular weight is 488 g/mol. The van der Waals surface area contributed by atoms with Gasteiger partial charge >= 0.3 is 0 Å². The van der Waals surface area contributed by atoms with Crippen molar-refractivity contribution in [1.82, 2.24) is 9.80 Å². The fourth-order valence-corrected chi connectivity index (χ4v) is 3.71. The van der Waals surface area contributed by atoms with Crippen LogP contribution in [-0.2, 0) is 11.3 Å². The number of hydrogen-bond donors (Lipinski definition) is 1. The summed E-state index contributed by atoms with van der Waals surface area (Å²) in [6, 6.07) is 12.5. The van der Waals surface area contributed by atoms with Gasteiger partial charge < -0.3 is 5.32 Å².